The Morgan fingerprint density at radius 2 is 2.17 bits per heavy atom. The van der Waals surface area contributed by atoms with E-state index in [-0.39, 0.29) is 0 Å². The van der Waals surface area contributed by atoms with Crippen LogP contribution in [0, 0.1) is 0 Å². The number of nitrogens with zero attached hydrogens (tertiary/aromatic N) is 2. The first-order valence-corrected chi connectivity index (χ1v) is 7.23. The van der Waals surface area contributed by atoms with Crippen LogP contribution in [0.25, 0.3) is 0 Å². The predicted octanol–water partition coefficient (Wildman–Crippen LogP) is 3.20. The highest BCUT2D eigenvalue weighted by Crippen LogP contribution is 2.37. The second-order valence-electron chi connectivity index (χ2n) is 5.85. The smallest absolute Gasteiger partial charge is 0.130 e. The molecular formula is C15H23N3. The van der Waals surface area contributed by atoms with Gasteiger partial charge in [-0.3, -0.25) is 4.90 Å². The van der Waals surface area contributed by atoms with E-state index in [0.29, 0.717) is 18.1 Å². The Morgan fingerprint density at radius 3 is 2.89 bits per heavy atom. The van der Waals surface area contributed by atoms with Crippen LogP contribution in [-0.2, 0) is 0 Å². The van der Waals surface area contributed by atoms with Crippen molar-refractivity contribution < 1.29 is 0 Å². The maximum absolute atomic E-state index is 4.56. The van der Waals surface area contributed by atoms with Gasteiger partial charge < -0.3 is 5.32 Å². The van der Waals surface area contributed by atoms with Crippen molar-refractivity contribution in [2.45, 2.75) is 57.7 Å². The van der Waals surface area contributed by atoms with Gasteiger partial charge >= 0.3 is 0 Å². The molecule has 2 fully saturated rings. The molecule has 0 amide bonds. The lowest BCUT2D eigenvalue weighted by Crippen LogP contribution is -2.30. The number of hydrogen-bond donors (Lipinski definition) is 1. The van der Waals surface area contributed by atoms with E-state index in [0.717, 1.165) is 5.82 Å². The summed E-state index contributed by atoms with van der Waals surface area (Å²) in [5.74, 6) is 1.12. The summed E-state index contributed by atoms with van der Waals surface area (Å²) < 4.78 is 0. The van der Waals surface area contributed by atoms with Crippen molar-refractivity contribution in [3.63, 3.8) is 0 Å². The molecule has 0 spiro atoms. The highest BCUT2D eigenvalue weighted by Gasteiger charge is 2.31. The minimum Gasteiger partial charge on any atom is -0.367 e. The summed E-state index contributed by atoms with van der Waals surface area (Å²) in [5.41, 5.74) is 1.40. The number of likely N-dealkylation sites (tertiary alicyclic amines) is 1. The zero-order valence-electron chi connectivity index (χ0n) is 11.4. The lowest BCUT2D eigenvalue weighted by atomic mass is 10.0. The summed E-state index contributed by atoms with van der Waals surface area (Å²) in [7, 11) is 0. The van der Waals surface area contributed by atoms with Gasteiger partial charge in [0.05, 0.1) is 0 Å². The molecule has 1 aromatic rings. The molecule has 1 atom stereocenters. The van der Waals surface area contributed by atoms with Crippen LogP contribution in [0.5, 0.6) is 0 Å². The molecule has 3 nitrogen and oxygen atoms in total. The summed E-state index contributed by atoms with van der Waals surface area (Å²) in [6.45, 7) is 5.81. The Bertz CT molecular complexity index is 412. The Labute approximate surface area is 110 Å². The van der Waals surface area contributed by atoms with Crippen molar-refractivity contribution >= 4 is 5.82 Å². The van der Waals surface area contributed by atoms with E-state index in [4.69, 9.17) is 0 Å². The number of pyridine rings is 1. The van der Waals surface area contributed by atoms with E-state index in [1.807, 2.05) is 6.20 Å². The van der Waals surface area contributed by atoms with Gasteiger partial charge in [0.2, 0.25) is 0 Å². The molecule has 0 unspecified atom stereocenters. The molecule has 1 saturated heterocycles. The lowest BCUT2D eigenvalue weighted by molar-refractivity contribution is 0.206. The average Bonchev–Trinajstić information content (AvgIpc) is 3.04. The molecule has 1 aliphatic heterocycles. The first-order valence-electron chi connectivity index (χ1n) is 7.23. The Kier molecular flexibility index (Phi) is 3.25. The highest BCUT2D eigenvalue weighted by molar-refractivity contribution is 5.47. The largest absolute Gasteiger partial charge is 0.367 e. The van der Waals surface area contributed by atoms with E-state index < -0.39 is 0 Å². The molecule has 98 valence electrons. The Hall–Kier alpha value is -1.09. The van der Waals surface area contributed by atoms with Gasteiger partial charge in [-0.2, -0.15) is 0 Å². The van der Waals surface area contributed by atoms with Gasteiger partial charge in [-0.15, -0.1) is 0 Å². The van der Waals surface area contributed by atoms with Crippen LogP contribution in [0.4, 0.5) is 5.82 Å². The van der Waals surface area contributed by atoms with Gasteiger partial charge in [0.1, 0.15) is 5.82 Å². The monoisotopic (exact) mass is 245 g/mol. The van der Waals surface area contributed by atoms with Crippen LogP contribution in [0.3, 0.4) is 0 Å². The second-order valence-corrected chi connectivity index (χ2v) is 5.85. The Balaban J connectivity index is 1.85. The van der Waals surface area contributed by atoms with Crippen molar-refractivity contribution in [2.75, 3.05) is 11.9 Å². The third-order valence-corrected chi connectivity index (χ3v) is 4.07. The summed E-state index contributed by atoms with van der Waals surface area (Å²) in [5, 5.41) is 3.58. The van der Waals surface area contributed by atoms with Gasteiger partial charge in [0.25, 0.3) is 0 Å². The van der Waals surface area contributed by atoms with Crippen LogP contribution in [0.2, 0.25) is 0 Å². The second kappa shape index (κ2) is 4.88. The van der Waals surface area contributed by atoms with E-state index in [2.05, 4.69) is 41.2 Å². The minimum absolute atomic E-state index is 0.556. The van der Waals surface area contributed by atoms with E-state index in [1.165, 1.54) is 37.8 Å². The van der Waals surface area contributed by atoms with E-state index in [9.17, 15) is 0 Å². The van der Waals surface area contributed by atoms with E-state index >= 15 is 0 Å². The fourth-order valence-electron chi connectivity index (χ4n) is 2.97. The maximum atomic E-state index is 4.56. The summed E-state index contributed by atoms with van der Waals surface area (Å²) in [6, 6.07) is 6.17. The average molecular weight is 245 g/mol. The van der Waals surface area contributed by atoms with Crippen LogP contribution >= 0.6 is 0 Å². The first kappa shape index (κ1) is 12.0. The summed E-state index contributed by atoms with van der Waals surface area (Å²) in [4.78, 5) is 7.17. The molecule has 2 aliphatic rings. The number of nitrogens with one attached hydrogen (secondary N) is 1. The van der Waals surface area contributed by atoms with Crippen LogP contribution in [0.15, 0.2) is 18.3 Å². The third-order valence-electron chi connectivity index (χ3n) is 4.07. The fourth-order valence-corrected chi connectivity index (χ4v) is 2.97. The van der Waals surface area contributed by atoms with Crippen LogP contribution in [0.1, 0.15) is 51.1 Å². The number of rotatable bonds is 4. The first-order chi connectivity index (χ1) is 8.75. The molecule has 1 aliphatic carbocycles. The zero-order valence-corrected chi connectivity index (χ0v) is 11.4. The molecule has 3 heteroatoms. The molecule has 0 radical (unpaired) electrons. The quantitative estimate of drug-likeness (QED) is 0.883. The van der Waals surface area contributed by atoms with Gasteiger partial charge in [-0.1, -0.05) is 6.07 Å². The fraction of sp³-hybridized carbons (Fsp3) is 0.667. The molecule has 18 heavy (non-hydrogen) atoms. The Morgan fingerprint density at radius 1 is 1.33 bits per heavy atom. The predicted molar refractivity (Wildman–Crippen MR) is 74.7 cm³/mol. The number of aromatic nitrogens is 1. The van der Waals surface area contributed by atoms with Crippen molar-refractivity contribution in [1.82, 2.24) is 9.88 Å². The molecule has 2 heterocycles. The van der Waals surface area contributed by atoms with Gasteiger partial charge in [0.15, 0.2) is 0 Å². The van der Waals surface area contributed by atoms with Gasteiger partial charge in [-0.25, -0.2) is 4.98 Å². The zero-order chi connectivity index (χ0) is 12.5. The van der Waals surface area contributed by atoms with Gasteiger partial charge in [-0.05, 0) is 52.1 Å². The van der Waals surface area contributed by atoms with Crippen molar-refractivity contribution in [3.8, 4) is 0 Å². The molecular weight excluding hydrogens is 222 g/mol. The molecule has 1 N–H and O–H groups in total. The summed E-state index contributed by atoms with van der Waals surface area (Å²) >= 11 is 0. The summed E-state index contributed by atoms with van der Waals surface area (Å²) in [6.07, 6.45) is 7.08. The maximum Gasteiger partial charge on any atom is 0.130 e. The highest BCUT2D eigenvalue weighted by atomic mass is 15.2. The van der Waals surface area contributed by atoms with Crippen LogP contribution in [-0.4, -0.2) is 28.5 Å². The van der Waals surface area contributed by atoms with Gasteiger partial charge in [0, 0.05) is 29.9 Å². The number of anilines is 1. The molecule has 1 saturated carbocycles. The SMILES string of the molecule is CC(C)N1CCC[C@H]1c1cccnc1NC1CC1. The minimum atomic E-state index is 0.556. The molecule has 3 rings (SSSR count). The topological polar surface area (TPSA) is 28.2 Å². The van der Waals surface area contributed by atoms with E-state index in [1.54, 1.807) is 0 Å². The lowest BCUT2D eigenvalue weighted by Gasteiger charge is -2.29. The van der Waals surface area contributed by atoms with Crippen molar-refractivity contribution in [3.05, 3.63) is 23.9 Å². The molecule has 0 aromatic carbocycles. The van der Waals surface area contributed by atoms with Crippen LogP contribution < -0.4 is 5.32 Å². The third kappa shape index (κ3) is 2.37. The molecule has 1 aromatic heterocycles. The normalized spacial score (nSPS) is 24.7. The molecule has 0 bridgehead atoms. The van der Waals surface area contributed by atoms with Crippen molar-refractivity contribution in [1.29, 1.82) is 0 Å². The number of hydrogen-bond acceptors (Lipinski definition) is 3. The standard InChI is InChI=1S/C15H23N3/c1-11(2)18-10-4-6-14(18)13-5-3-9-16-15(13)17-12-7-8-12/h3,5,9,11-12,14H,4,6-8,10H2,1-2H3,(H,16,17)/t14-/m0/s1. The van der Waals surface area contributed by atoms with Crippen molar-refractivity contribution in [2.24, 2.45) is 0 Å².